The highest BCUT2D eigenvalue weighted by Gasteiger charge is 2.21. The van der Waals surface area contributed by atoms with Crippen LogP contribution in [0.1, 0.15) is 53.4 Å². The van der Waals surface area contributed by atoms with E-state index in [1.165, 1.54) is 0 Å². The van der Waals surface area contributed by atoms with Gasteiger partial charge in [-0.15, -0.1) is 0 Å². The van der Waals surface area contributed by atoms with E-state index in [0.29, 0.717) is 52.5 Å². The van der Waals surface area contributed by atoms with E-state index in [4.69, 9.17) is 8.94 Å². The summed E-state index contributed by atoms with van der Waals surface area (Å²) in [5.74, 6) is 1.45. The van der Waals surface area contributed by atoms with E-state index in [9.17, 15) is 9.59 Å². The number of aromatic nitrogens is 2. The minimum Gasteiger partial charge on any atom is -0.466 e. The molecule has 34 heavy (non-hydrogen) atoms. The monoisotopic (exact) mass is 460 g/mol. The third-order valence-corrected chi connectivity index (χ3v) is 5.44. The molecule has 0 radical (unpaired) electrons. The van der Waals surface area contributed by atoms with Gasteiger partial charge in [-0.05, 0) is 56.5 Å². The fraction of sp³-hybridized carbons (Fsp3) is 0.308. The maximum absolute atomic E-state index is 13.2. The predicted molar refractivity (Wildman–Crippen MR) is 129 cm³/mol. The van der Waals surface area contributed by atoms with E-state index in [0.717, 1.165) is 16.9 Å². The maximum atomic E-state index is 13.2. The Morgan fingerprint density at radius 2 is 1.88 bits per heavy atom. The van der Waals surface area contributed by atoms with Crippen LogP contribution in [0.25, 0.3) is 22.4 Å². The summed E-state index contributed by atoms with van der Waals surface area (Å²) < 4.78 is 11.0. The smallest absolute Gasteiger partial charge is 0.259 e. The van der Waals surface area contributed by atoms with Gasteiger partial charge in [-0.3, -0.25) is 9.59 Å². The van der Waals surface area contributed by atoms with Gasteiger partial charge >= 0.3 is 0 Å². The van der Waals surface area contributed by atoms with E-state index >= 15 is 0 Å². The summed E-state index contributed by atoms with van der Waals surface area (Å²) in [5, 5.41) is 10.4. The molecule has 4 rings (SSSR count). The van der Waals surface area contributed by atoms with Gasteiger partial charge in [0, 0.05) is 24.2 Å². The molecule has 0 spiro atoms. The number of benzene rings is 1. The Labute approximate surface area is 197 Å². The number of pyridine rings is 1. The second-order valence-electron chi connectivity index (χ2n) is 8.86. The van der Waals surface area contributed by atoms with Crippen LogP contribution < -0.4 is 10.6 Å². The van der Waals surface area contributed by atoms with Crippen LogP contribution in [0.2, 0.25) is 0 Å². The van der Waals surface area contributed by atoms with Crippen LogP contribution >= 0.6 is 0 Å². The number of fused-ring (bicyclic) bond motifs is 1. The Morgan fingerprint density at radius 3 is 2.59 bits per heavy atom. The number of hydrogen-bond acceptors (Lipinski definition) is 6. The quantitative estimate of drug-likeness (QED) is 0.386. The number of nitrogens with zero attached hydrogens (tertiary/aromatic N) is 2. The van der Waals surface area contributed by atoms with Gasteiger partial charge in [0.05, 0.1) is 22.3 Å². The first-order valence-corrected chi connectivity index (χ1v) is 11.2. The molecule has 4 aromatic rings. The first-order chi connectivity index (χ1) is 16.2. The van der Waals surface area contributed by atoms with Crippen molar-refractivity contribution in [1.29, 1.82) is 0 Å². The number of furan rings is 1. The maximum Gasteiger partial charge on any atom is 0.259 e. The third-order valence-electron chi connectivity index (χ3n) is 5.44. The molecule has 3 aromatic heterocycles. The van der Waals surface area contributed by atoms with Gasteiger partial charge in [-0.25, -0.2) is 4.98 Å². The van der Waals surface area contributed by atoms with Crippen LogP contribution in [0.3, 0.4) is 0 Å². The Balaban J connectivity index is 1.57. The fourth-order valence-corrected chi connectivity index (χ4v) is 3.92. The predicted octanol–water partition coefficient (Wildman–Crippen LogP) is 5.32. The lowest BCUT2D eigenvalue weighted by molar-refractivity contribution is -0.116. The normalized spacial score (nSPS) is 11.2. The molecule has 8 nitrogen and oxygen atoms in total. The zero-order valence-corrected chi connectivity index (χ0v) is 20.0. The molecule has 0 aliphatic carbocycles. The van der Waals surface area contributed by atoms with Crippen LogP contribution in [0.15, 0.2) is 45.3 Å². The van der Waals surface area contributed by atoms with E-state index in [-0.39, 0.29) is 17.7 Å². The molecule has 0 atom stereocenters. The topological polar surface area (TPSA) is 110 Å². The summed E-state index contributed by atoms with van der Waals surface area (Å²) in [6.45, 7) is 9.78. The van der Waals surface area contributed by atoms with Crippen molar-refractivity contribution in [3.63, 3.8) is 0 Å². The van der Waals surface area contributed by atoms with E-state index in [1.807, 2.05) is 58.0 Å². The lowest BCUT2D eigenvalue weighted by atomic mass is 10.1. The van der Waals surface area contributed by atoms with Gasteiger partial charge in [0.2, 0.25) is 5.91 Å². The van der Waals surface area contributed by atoms with Gasteiger partial charge in [0.1, 0.15) is 11.5 Å². The summed E-state index contributed by atoms with van der Waals surface area (Å²) in [7, 11) is 0. The minimum absolute atomic E-state index is 0.0318. The molecule has 0 unspecified atom stereocenters. The van der Waals surface area contributed by atoms with Crippen molar-refractivity contribution in [3.8, 4) is 11.3 Å². The number of hydrogen-bond donors (Lipinski definition) is 2. The van der Waals surface area contributed by atoms with Gasteiger partial charge < -0.3 is 19.6 Å². The third kappa shape index (κ3) is 5.01. The molecule has 0 saturated carbocycles. The van der Waals surface area contributed by atoms with Crippen LogP contribution in [0.4, 0.5) is 5.69 Å². The first-order valence-electron chi connectivity index (χ1n) is 11.2. The average Bonchev–Trinajstić information content (AvgIpc) is 3.32. The number of amides is 2. The number of carbonyl (C=O) groups excluding carboxylic acids is 2. The molecule has 3 heterocycles. The number of aryl methyl sites for hydroxylation is 3. The molecule has 0 aliphatic heterocycles. The van der Waals surface area contributed by atoms with Crippen molar-refractivity contribution in [2.45, 2.75) is 47.6 Å². The molecule has 2 amide bonds. The van der Waals surface area contributed by atoms with Crippen LogP contribution in [0.5, 0.6) is 0 Å². The van der Waals surface area contributed by atoms with E-state index < -0.39 is 0 Å². The average molecular weight is 461 g/mol. The van der Waals surface area contributed by atoms with Crippen LogP contribution in [-0.2, 0) is 11.3 Å². The van der Waals surface area contributed by atoms with E-state index in [2.05, 4.69) is 20.8 Å². The zero-order valence-electron chi connectivity index (χ0n) is 20.0. The summed E-state index contributed by atoms with van der Waals surface area (Å²) >= 11 is 0. The number of rotatable bonds is 7. The molecule has 2 N–H and O–H groups in total. The van der Waals surface area contributed by atoms with Crippen molar-refractivity contribution >= 4 is 28.6 Å². The molecular formula is C26H28N4O4. The number of nitrogens with one attached hydrogen (secondary N) is 2. The molecular weight excluding hydrogens is 432 g/mol. The molecule has 8 heteroatoms. The van der Waals surface area contributed by atoms with Crippen LogP contribution in [0, 0.1) is 26.7 Å². The zero-order chi connectivity index (χ0) is 24.4. The highest BCUT2D eigenvalue weighted by molar-refractivity contribution is 6.07. The van der Waals surface area contributed by atoms with Crippen molar-refractivity contribution < 1.29 is 18.5 Å². The minimum atomic E-state index is -0.271. The van der Waals surface area contributed by atoms with Gasteiger partial charge in [0.15, 0.2) is 0 Å². The highest BCUT2D eigenvalue weighted by Crippen LogP contribution is 2.30. The van der Waals surface area contributed by atoms with Crippen molar-refractivity contribution in [1.82, 2.24) is 15.5 Å². The van der Waals surface area contributed by atoms with Crippen LogP contribution in [-0.4, -0.2) is 22.0 Å². The molecule has 0 saturated heterocycles. The van der Waals surface area contributed by atoms with Gasteiger partial charge in [0.25, 0.3) is 11.6 Å². The fourth-order valence-electron chi connectivity index (χ4n) is 3.92. The Bertz CT molecular complexity index is 1370. The summed E-state index contributed by atoms with van der Waals surface area (Å²) in [5.41, 5.74) is 4.27. The standard InChI is InChI=1S/C26H28N4O4/c1-14(2)9-23(31)28-19-8-6-7-18(11-19)13-27-25(32)21-12-22(20-10-15(3)33-17(20)5)29-26-24(21)16(4)30-34-26/h6-8,10-12,14H,9,13H2,1-5H3,(H,27,32)(H,28,31). The first kappa shape index (κ1) is 23.2. The summed E-state index contributed by atoms with van der Waals surface area (Å²) in [6, 6.07) is 11.1. The molecule has 176 valence electrons. The highest BCUT2D eigenvalue weighted by atomic mass is 16.5. The summed E-state index contributed by atoms with van der Waals surface area (Å²) in [6.07, 6.45) is 0.453. The van der Waals surface area contributed by atoms with Crippen molar-refractivity contribution in [2.75, 3.05) is 5.32 Å². The largest absolute Gasteiger partial charge is 0.466 e. The molecule has 0 aliphatic rings. The SMILES string of the molecule is Cc1cc(-c2cc(C(=O)NCc3cccc(NC(=O)CC(C)C)c3)c3c(C)noc3n2)c(C)o1. The molecule has 0 bridgehead atoms. The van der Waals surface area contributed by atoms with Crippen molar-refractivity contribution in [3.05, 3.63) is 64.7 Å². The molecule has 1 aromatic carbocycles. The van der Waals surface area contributed by atoms with E-state index in [1.54, 1.807) is 13.0 Å². The number of anilines is 1. The van der Waals surface area contributed by atoms with Crippen molar-refractivity contribution in [2.24, 2.45) is 5.92 Å². The lowest BCUT2D eigenvalue weighted by Gasteiger charge is -2.10. The Hall–Kier alpha value is -3.94. The van der Waals surface area contributed by atoms with Gasteiger partial charge in [-0.2, -0.15) is 0 Å². The second kappa shape index (κ2) is 9.51. The lowest BCUT2D eigenvalue weighted by Crippen LogP contribution is -2.23. The molecule has 0 fully saturated rings. The second-order valence-corrected chi connectivity index (χ2v) is 8.86. The Morgan fingerprint density at radius 1 is 1.09 bits per heavy atom. The Kier molecular flexibility index (Phi) is 6.49. The van der Waals surface area contributed by atoms with Gasteiger partial charge in [-0.1, -0.05) is 31.1 Å². The summed E-state index contributed by atoms with van der Waals surface area (Å²) in [4.78, 5) is 29.9. The number of carbonyl (C=O) groups is 2.